The van der Waals surface area contributed by atoms with Gasteiger partial charge < -0.3 is 5.32 Å². The van der Waals surface area contributed by atoms with Crippen LogP contribution >= 0.6 is 15.9 Å². The molecule has 1 amide bonds. The van der Waals surface area contributed by atoms with Gasteiger partial charge in [0.25, 0.3) is 0 Å². The molecule has 0 aliphatic carbocycles. The predicted octanol–water partition coefficient (Wildman–Crippen LogP) is 2.23. The number of benzene rings is 1. The molecule has 2 rings (SSSR count). The third-order valence-electron chi connectivity index (χ3n) is 3.53. The van der Waals surface area contributed by atoms with Gasteiger partial charge in [-0.1, -0.05) is 28.1 Å². The van der Waals surface area contributed by atoms with Crippen LogP contribution in [0.1, 0.15) is 30.1 Å². The highest BCUT2D eigenvalue weighted by Crippen LogP contribution is 2.14. The van der Waals surface area contributed by atoms with Crippen LogP contribution in [0.25, 0.3) is 0 Å². The standard InChI is InChI=1S/C15H19BrN2O2/c1-11(19)17-14-6-8-18(9-7-14)10-15(20)12-2-4-13(16)5-3-12/h2-5,14H,6-10H2,1H3,(H,17,19). The molecule has 1 heterocycles. The van der Waals surface area contributed by atoms with Gasteiger partial charge in [0.1, 0.15) is 0 Å². The van der Waals surface area contributed by atoms with Crippen LogP contribution in [-0.4, -0.2) is 42.3 Å². The first-order valence-corrected chi connectivity index (χ1v) is 7.62. The maximum atomic E-state index is 12.2. The van der Waals surface area contributed by atoms with Gasteiger partial charge in [-0.05, 0) is 25.0 Å². The Morgan fingerprint density at radius 2 is 1.85 bits per heavy atom. The van der Waals surface area contributed by atoms with E-state index in [1.165, 1.54) is 0 Å². The van der Waals surface area contributed by atoms with E-state index in [1.807, 2.05) is 24.3 Å². The van der Waals surface area contributed by atoms with Crippen molar-refractivity contribution < 1.29 is 9.59 Å². The molecule has 0 unspecified atom stereocenters. The van der Waals surface area contributed by atoms with Crippen molar-refractivity contribution in [1.29, 1.82) is 0 Å². The smallest absolute Gasteiger partial charge is 0.217 e. The summed E-state index contributed by atoms with van der Waals surface area (Å²) in [6.07, 6.45) is 1.82. The van der Waals surface area contributed by atoms with Crippen molar-refractivity contribution in [2.24, 2.45) is 0 Å². The zero-order valence-electron chi connectivity index (χ0n) is 11.6. The van der Waals surface area contributed by atoms with Crippen LogP contribution in [0.15, 0.2) is 28.7 Å². The van der Waals surface area contributed by atoms with Gasteiger partial charge in [-0.3, -0.25) is 14.5 Å². The van der Waals surface area contributed by atoms with E-state index in [1.54, 1.807) is 6.92 Å². The van der Waals surface area contributed by atoms with Crippen LogP contribution in [-0.2, 0) is 4.79 Å². The fourth-order valence-electron chi connectivity index (χ4n) is 2.45. The lowest BCUT2D eigenvalue weighted by atomic mass is 10.0. The number of ketones is 1. The van der Waals surface area contributed by atoms with E-state index in [0.717, 1.165) is 36.0 Å². The molecule has 1 aromatic carbocycles. The highest BCUT2D eigenvalue weighted by atomic mass is 79.9. The van der Waals surface area contributed by atoms with Gasteiger partial charge in [0, 0.05) is 36.1 Å². The van der Waals surface area contributed by atoms with Gasteiger partial charge in [0.15, 0.2) is 5.78 Å². The van der Waals surface area contributed by atoms with Gasteiger partial charge in [-0.25, -0.2) is 0 Å². The monoisotopic (exact) mass is 338 g/mol. The topological polar surface area (TPSA) is 49.4 Å². The van der Waals surface area contributed by atoms with Crippen molar-refractivity contribution in [3.8, 4) is 0 Å². The molecule has 20 heavy (non-hydrogen) atoms. The maximum Gasteiger partial charge on any atom is 0.217 e. The number of likely N-dealkylation sites (tertiary alicyclic amines) is 1. The number of carbonyl (C=O) groups excluding carboxylic acids is 2. The average Bonchev–Trinajstić information content (AvgIpc) is 2.41. The van der Waals surface area contributed by atoms with Crippen molar-refractivity contribution in [1.82, 2.24) is 10.2 Å². The summed E-state index contributed by atoms with van der Waals surface area (Å²) in [5, 5.41) is 2.94. The molecule has 0 bridgehead atoms. The van der Waals surface area contributed by atoms with Crippen LogP contribution in [0.4, 0.5) is 0 Å². The minimum Gasteiger partial charge on any atom is -0.354 e. The zero-order valence-corrected chi connectivity index (χ0v) is 13.1. The normalized spacial score (nSPS) is 16.9. The van der Waals surface area contributed by atoms with E-state index in [4.69, 9.17) is 0 Å². The first kappa shape index (κ1) is 15.2. The molecule has 0 radical (unpaired) electrons. The maximum absolute atomic E-state index is 12.2. The SMILES string of the molecule is CC(=O)NC1CCN(CC(=O)c2ccc(Br)cc2)CC1. The summed E-state index contributed by atoms with van der Waals surface area (Å²) < 4.78 is 0.977. The van der Waals surface area contributed by atoms with E-state index in [0.29, 0.717) is 6.54 Å². The summed E-state index contributed by atoms with van der Waals surface area (Å²) in [4.78, 5) is 25.3. The number of hydrogen-bond donors (Lipinski definition) is 1. The Kier molecular flexibility index (Phi) is 5.31. The third-order valence-corrected chi connectivity index (χ3v) is 4.06. The highest BCUT2D eigenvalue weighted by molar-refractivity contribution is 9.10. The van der Waals surface area contributed by atoms with E-state index in [9.17, 15) is 9.59 Å². The molecule has 1 aromatic rings. The lowest BCUT2D eigenvalue weighted by molar-refractivity contribution is -0.119. The van der Waals surface area contributed by atoms with Crippen molar-refractivity contribution >= 4 is 27.6 Å². The molecule has 0 atom stereocenters. The molecule has 1 aliphatic rings. The molecule has 1 saturated heterocycles. The van der Waals surface area contributed by atoms with Crippen molar-refractivity contribution in [2.75, 3.05) is 19.6 Å². The summed E-state index contributed by atoms with van der Waals surface area (Å²) in [5.41, 5.74) is 0.747. The molecule has 4 nitrogen and oxygen atoms in total. The Hall–Kier alpha value is -1.20. The molecule has 108 valence electrons. The number of amides is 1. The van der Waals surface area contributed by atoms with E-state index >= 15 is 0 Å². The molecule has 0 saturated carbocycles. The predicted molar refractivity (Wildman–Crippen MR) is 81.8 cm³/mol. The van der Waals surface area contributed by atoms with E-state index < -0.39 is 0 Å². The summed E-state index contributed by atoms with van der Waals surface area (Å²) in [6, 6.07) is 7.71. The van der Waals surface area contributed by atoms with E-state index in [2.05, 4.69) is 26.1 Å². The molecule has 1 fully saturated rings. The summed E-state index contributed by atoms with van der Waals surface area (Å²) in [5.74, 6) is 0.171. The largest absolute Gasteiger partial charge is 0.354 e. The molecule has 0 aromatic heterocycles. The van der Waals surface area contributed by atoms with Crippen LogP contribution in [0.5, 0.6) is 0 Å². The van der Waals surface area contributed by atoms with E-state index in [-0.39, 0.29) is 17.7 Å². The molecular formula is C15H19BrN2O2. The van der Waals surface area contributed by atoms with Gasteiger partial charge in [0.05, 0.1) is 6.54 Å². The Morgan fingerprint density at radius 1 is 1.25 bits per heavy atom. The average molecular weight is 339 g/mol. The minimum absolute atomic E-state index is 0.0226. The number of piperidine rings is 1. The summed E-state index contributed by atoms with van der Waals surface area (Å²) >= 11 is 3.36. The number of nitrogens with one attached hydrogen (secondary N) is 1. The van der Waals surface area contributed by atoms with Gasteiger partial charge in [-0.2, -0.15) is 0 Å². The Morgan fingerprint density at radius 3 is 2.40 bits per heavy atom. The molecule has 5 heteroatoms. The zero-order chi connectivity index (χ0) is 14.5. The minimum atomic E-state index is 0.0226. The molecular weight excluding hydrogens is 320 g/mol. The van der Waals surface area contributed by atoms with Gasteiger partial charge in [0.2, 0.25) is 5.91 Å². The van der Waals surface area contributed by atoms with Crippen LogP contribution in [0, 0.1) is 0 Å². The fourth-order valence-corrected chi connectivity index (χ4v) is 2.72. The number of carbonyl (C=O) groups is 2. The lowest BCUT2D eigenvalue weighted by Crippen LogP contribution is -2.45. The van der Waals surface area contributed by atoms with Gasteiger partial charge >= 0.3 is 0 Å². The Labute approximate surface area is 127 Å². The van der Waals surface area contributed by atoms with Crippen molar-refractivity contribution in [2.45, 2.75) is 25.8 Å². The van der Waals surface area contributed by atoms with Crippen LogP contribution < -0.4 is 5.32 Å². The Bertz CT molecular complexity index is 479. The summed E-state index contributed by atoms with van der Waals surface area (Å²) in [7, 11) is 0. The van der Waals surface area contributed by atoms with Crippen molar-refractivity contribution in [3.05, 3.63) is 34.3 Å². The molecule has 1 aliphatic heterocycles. The number of hydrogen-bond acceptors (Lipinski definition) is 3. The second kappa shape index (κ2) is 6.99. The first-order valence-electron chi connectivity index (χ1n) is 6.83. The van der Waals surface area contributed by atoms with Crippen molar-refractivity contribution in [3.63, 3.8) is 0 Å². The quantitative estimate of drug-likeness (QED) is 0.856. The van der Waals surface area contributed by atoms with Crippen LogP contribution in [0.2, 0.25) is 0 Å². The first-order chi connectivity index (χ1) is 9.54. The summed E-state index contributed by atoms with van der Waals surface area (Å²) in [6.45, 7) is 3.71. The van der Waals surface area contributed by atoms with Gasteiger partial charge in [-0.15, -0.1) is 0 Å². The lowest BCUT2D eigenvalue weighted by Gasteiger charge is -2.31. The molecule has 0 spiro atoms. The second-order valence-electron chi connectivity index (χ2n) is 5.18. The number of nitrogens with zero attached hydrogens (tertiary/aromatic N) is 1. The third kappa shape index (κ3) is 4.42. The van der Waals surface area contributed by atoms with Crippen LogP contribution in [0.3, 0.4) is 0 Å². The fraction of sp³-hybridized carbons (Fsp3) is 0.467. The number of Topliss-reactive ketones (excluding diaryl/α,β-unsaturated/α-hetero) is 1. The molecule has 1 N–H and O–H groups in total. The highest BCUT2D eigenvalue weighted by Gasteiger charge is 2.21. The second-order valence-corrected chi connectivity index (χ2v) is 6.10. The number of rotatable bonds is 4. The Balaban J connectivity index is 1.82. The number of halogens is 1.